The fraction of sp³-hybridized carbons (Fsp3) is 0.440. The summed E-state index contributed by atoms with van der Waals surface area (Å²) in [6.07, 6.45) is 3.45. The van der Waals surface area contributed by atoms with E-state index in [2.05, 4.69) is 0 Å². The van der Waals surface area contributed by atoms with Gasteiger partial charge in [0.2, 0.25) is 5.91 Å². The van der Waals surface area contributed by atoms with Gasteiger partial charge < -0.3 is 14.9 Å². The molecule has 2 aromatic rings. The minimum Gasteiger partial charge on any atom is -0.508 e. The lowest BCUT2D eigenvalue weighted by molar-refractivity contribution is -0.136. The van der Waals surface area contributed by atoms with Crippen molar-refractivity contribution < 1.29 is 14.7 Å². The summed E-state index contributed by atoms with van der Waals surface area (Å²) >= 11 is 0. The first-order chi connectivity index (χ1) is 14.5. The molecule has 2 amide bonds. The highest BCUT2D eigenvalue weighted by atomic mass is 16.3. The van der Waals surface area contributed by atoms with Gasteiger partial charge in [-0.3, -0.25) is 9.59 Å². The van der Waals surface area contributed by atoms with Gasteiger partial charge in [0.05, 0.1) is 0 Å². The molecule has 158 valence electrons. The van der Waals surface area contributed by atoms with E-state index in [1.807, 2.05) is 53.1 Å². The Labute approximate surface area is 178 Å². The van der Waals surface area contributed by atoms with Gasteiger partial charge in [-0.1, -0.05) is 29.8 Å². The van der Waals surface area contributed by atoms with Gasteiger partial charge in [0.25, 0.3) is 5.91 Å². The molecule has 1 atom stereocenters. The summed E-state index contributed by atoms with van der Waals surface area (Å²) in [6.45, 7) is 4.94. The molecule has 0 radical (unpaired) electrons. The minimum atomic E-state index is 0.0273. The molecule has 30 heavy (non-hydrogen) atoms. The average molecular weight is 407 g/mol. The lowest BCUT2D eigenvalue weighted by atomic mass is 9.94. The number of aryl methyl sites for hydroxylation is 1. The maximum Gasteiger partial charge on any atom is 0.253 e. The molecule has 2 aliphatic heterocycles. The van der Waals surface area contributed by atoms with Crippen LogP contribution in [0.2, 0.25) is 0 Å². The van der Waals surface area contributed by atoms with Crippen molar-refractivity contribution in [2.45, 2.75) is 32.6 Å². The van der Waals surface area contributed by atoms with Gasteiger partial charge in [0.15, 0.2) is 0 Å². The van der Waals surface area contributed by atoms with Crippen molar-refractivity contribution in [3.05, 3.63) is 65.2 Å². The van der Waals surface area contributed by atoms with Gasteiger partial charge in [-0.15, -0.1) is 0 Å². The third-order valence-corrected chi connectivity index (χ3v) is 6.49. The Morgan fingerprint density at radius 2 is 1.53 bits per heavy atom. The van der Waals surface area contributed by atoms with Crippen LogP contribution < -0.4 is 0 Å². The zero-order valence-corrected chi connectivity index (χ0v) is 17.6. The molecule has 2 aliphatic rings. The van der Waals surface area contributed by atoms with Crippen molar-refractivity contribution in [1.29, 1.82) is 0 Å². The van der Waals surface area contributed by atoms with Crippen LogP contribution in [-0.2, 0) is 11.2 Å². The second-order valence-corrected chi connectivity index (χ2v) is 8.74. The first kappa shape index (κ1) is 20.5. The molecule has 1 unspecified atom stereocenters. The molecular weight excluding hydrogens is 376 g/mol. The number of carbonyl (C=O) groups is 2. The first-order valence-electron chi connectivity index (χ1n) is 10.9. The van der Waals surface area contributed by atoms with Crippen molar-refractivity contribution in [1.82, 2.24) is 9.80 Å². The molecule has 0 bridgehead atoms. The maximum absolute atomic E-state index is 13.0. The van der Waals surface area contributed by atoms with Crippen LogP contribution in [0.3, 0.4) is 0 Å². The molecule has 4 rings (SSSR count). The Bertz CT molecular complexity index is 884. The summed E-state index contributed by atoms with van der Waals surface area (Å²) in [4.78, 5) is 29.6. The minimum absolute atomic E-state index is 0.0273. The quantitative estimate of drug-likeness (QED) is 0.843. The molecule has 0 saturated carbocycles. The number of phenols is 1. The Balaban J connectivity index is 1.26. The van der Waals surface area contributed by atoms with Crippen molar-refractivity contribution in [2.24, 2.45) is 11.8 Å². The van der Waals surface area contributed by atoms with E-state index in [1.54, 1.807) is 12.1 Å². The number of piperidine rings is 1. The van der Waals surface area contributed by atoms with Crippen molar-refractivity contribution in [3.63, 3.8) is 0 Å². The van der Waals surface area contributed by atoms with E-state index >= 15 is 0 Å². The highest BCUT2D eigenvalue weighted by molar-refractivity contribution is 5.94. The fourth-order valence-electron chi connectivity index (χ4n) is 4.63. The van der Waals surface area contributed by atoms with Gasteiger partial charge in [0, 0.05) is 37.7 Å². The molecule has 2 heterocycles. The molecule has 0 aromatic heterocycles. The van der Waals surface area contributed by atoms with Crippen LogP contribution in [0, 0.1) is 18.8 Å². The van der Waals surface area contributed by atoms with E-state index < -0.39 is 0 Å². The van der Waals surface area contributed by atoms with E-state index in [-0.39, 0.29) is 23.5 Å². The summed E-state index contributed by atoms with van der Waals surface area (Å²) in [5.74, 6) is 1.11. The molecule has 2 fully saturated rings. The number of rotatable bonds is 4. The summed E-state index contributed by atoms with van der Waals surface area (Å²) in [5, 5.41) is 9.43. The number of amides is 2. The summed E-state index contributed by atoms with van der Waals surface area (Å²) in [7, 11) is 0. The van der Waals surface area contributed by atoms with Crippen LogP contribution >= 0.6 is 0 Å². The number of likely N-dealkylation sites (tertiary alicyclic amines) is 2. The van der Waals surface area contributed by atoms with Crippen molar-refractivity contribution >= 4 is 11.8 Å². The smallest absolute Gasteiger partial charge is 0.253 e. The van der Waals surface area contributed by atoms with E-state index in [4.69, 9.17) is 0 Å². The molecule has 0 aliphatic carbocycles. The second kappa shape index (κ2) is 8.90. The molecule has 0 spiro atoms. The van der Waals surface area contributed by atoms with E-state index in [9.17, 15) is 14.7 Å². The fourth-order valence-corrected chi connectivity index (χ4v) is 4.63. The predicted molar refractivity (Wildman–Crippen MR) is 116 cm³/mol. The standard InChI is InChI=1S/C25H30N2O3/c1-18-2-6-21(7-3-18)24(29)26-14-11-22(12-15-26)25(30)27-13-10-20(17-27)16-19-4-8-23(28)9-5-19/h2-9,20,22,28H,10-17H2,1H3. The zero-order chi connectivity index (χ0) is 21.1. The van der Waals surface area contributed by atoms with Crippen LogP contribution in [0.25, 0.3) is 0 Å². The molecule has 2 saturated heterocycles. The van der Waals surface area contributed by atoms with Crippen molar-refractivity contribution in [2.75, 3.05) is 26.2 Å². The number of benzene rings is 2. The number of aromatic hydroxyl groups is 1. The van der Waals surface area contributed by atoms with Crippen molar-refractivity contribution in [3.8, 4) is 5.75 Å². The van der Waals surface area contributed by atoms with Crippen LogP contribution in [0.4, 0.5) is 0 Å². The summed E-state index contributed by atoms with van der Waals surface area (Å²) in [6, 6.07) is 15.1. The van der Waals surface area contributed by atoms with Gasteiger partial charge >= 0.3 is 0 Å². The topological polar surface area (TPSA) is 60.9 Å². The third-order valence-electron chi connectivity index (χ3n) is 6.49. The Morgan fingerprint density at radius 3 is 2.20 bits per heavy atom. The lowest BCUT2D eigenvalue weighted by Gasteiger charge is -2.33. The maximum atomic E-state index is 13.0. The van der Waals surface area contributed by atoms with Gasteiger partial charge in [-0.2, -0.15) is 0 Å². The van der Waals surface area contributed by atoms with E-state index in [1.165, 1.54) is 5.56 Å². The van der Waals surface area contributed by atoms with Crippen LogP contribution in [0.15, 0.2) is 48.5 Å². The SMILES string of the molecule is Cc1ccc(C(=O)N2CCC(C(=O)N3CCC(Cc4ccc(O)cc4)C3)CC2)cc1. The highest BCUT2D eigenvalue weighted by Crippen LogP contribution is 2.27. The van der Waals surface area contributed by atoms with Crippen LogP contribution in [-0.4, -0.2) is 52.9 Å². The average Bonchev–Trinajstić information content (AvgIpc) is 3.23. The Kier molecular flexibility index (Phi) is 6.07. The van der Waals surface area contributed by atoms with Crippen LogP contribution in [0.1, 0.15) is 40.7 Å². The molecule has 5 nitrogen and oxygen atoms in total. The molecule has 1 N–H and O–H groups in total. The van der Waals surface area contributed by atoms with Crippen LogP contribution in [0.5, 0.6) is 5.75 Å². The van der Waals surface area contributed by atoms with E-state index in [0.29, 0.717) is 19.0 Å². The number of nitrogens with zero attached hydrogens (tertiary/aromatic N) is 2. The predicted octanol–water partition coefficient (Wildman–Crippen LogP) is 3.64. The van der Waals surface area contributed by atoms with Gasteiger partial charge in [0.1, 0.15) is 5.75 Å². The first-order valence-corrected chi connectivity index (χ1v) is 10.9. The molecule has 5 heteroatoms. The van der Waals surface area contributed by atoms with E-state index in [0.717, 1.165) is 49.9 Å². The lowest BCUT2D eigenvalue weighted by Crippen LogP contribution is -2.44. The Morgan fingerprint density at radius 1 is 0.900 bits per heavy atom. The summed E-state index contributed by atoms with van der Waals surface area (Å²) in [5.41, 5.74) is 3.07. The zero-order valence-electron chi connectivity index (χ0n) is 17.6. The monoisotopic (exact) mass is 406 g/mol. The number of hydrogen-bond donors (Lipinski definition) is 1. The van der Waals surface area contributed by atoms with Gasteiger partial charge in [-0.05, 0) is 68.4 Å². The molecular formula is C25H30N2O3. The normalized spacial score (nSPS) is 19.8. The number of phenolic OH excluding ortho intramolecular Hbond substituents is 1. The molecule has 2 aromatic carbocycles. The highest BCUT2D eigenvalue weighted by Gasteiger charge is 2.33. The van der Waals surface area contributed by atoms with Gasteiger partial charge in [-0.25, -0.2) is 0 Å². The largest absolute Gasteiger partial charge is 0.508 e. The summed E-state index contributed by atoms with van der Waals surface area (Å²) < 4.78 is 0. The third kappa shape index (κ3) is 4.66. The number of hydrogen-bond acceptors (Lipinski definition) is 3. The Hall–Kier alpha value is -2.82. The second-order valence-electron chi connectivity index (χ2n) is 8.74. The number of carbonyl (C=O) groups excluding carboxylic acids is 2.